The van der Waals surface area contributed by atoms with Gasteiger partial charge in [-0.2, -0.15) is 0 Å². The van der Waals surface area contributed by atoms with Crippen molar-refractivity contribution in [3.05, 3.63) is 51.2 Å². The largest absolute Gasteiger partial charge is 0.352 e. The standard InChI is InChI=1S/C19H21ClN2O3S/c1-2-4-19(25)22-14-6-3-5-13(11-14)12-21-18(24)10-7-15(23)16-8-9-17(20)26-16/h3,5-6,8-9,11H,2,4,7,10,12H2,1H3,(H,21,24)(H,22,25). The third-order valence-corrected chi connectivity index (χ3v) is 4.88. The number of rotatable bonds is 9. The molecule has 1 aromatic heterocycles. The summed E-state index contributed by atoms with van der Waals surface area (Å²) in [6.07, 6.45) is 1.54. The minimum Gasteiger partial charge on any atom is -0.352 e. The van der Waals surface area contributed by atoms with Crippen molar-refractivity contribution in [3.63, 3.8) is 0 Å². The first-order valence-electron chi connectivity index (χ1n) is 8.42. The highest BCUT2D eigenvalue weighted by Gasteiger charge is 2.11. The molecule has 1 aromatic carbocycles. The van der Waals surface area contributed by atoms with Crippen LogP contribution >= 0.6 is 22.9 Å². The van der Waals surface area contributed by atoms with Crippen molar-refractivity contribution < 1.29 is 14.4 Å². The summed E-state index contributed by atoms with van der Waals surface area (Å²) in [5.74, 6) is -0.306. The molecule has 0 fully saturated rings. The summed E-state index contributed by atoms with van der Waals surface area (Å²) < 4.78 is 0.559. The number of carbonyl (C=O) groups excluding carboxylic acids is 3. The van der Waals surface area contributed by atoms with Crippen LogP contribution in [-0.4, -0.2) is 17.6 Å². The van der Waals surface area contributed by atoms with E-state index in [1.807, 2.05) is 31.2 Å². The molecule has 0 saturated carbocycles. The third-order valence-electron chi connectivity index (χ3n) is 3.60. The Morgan fingerprint density at radius 1 is 1.04 bits per heavy atom. The Kier molecular flexibility index (Phi) is 7.81. The highest BCUT2D eigenvalue weighted by atomic mass is 35.5. The van der Waals surface area contributed by atoms with Crippen LogP contribution in [0.25, 0.3) is 0 Å². The molecule has 138 valence electrons. The fraction of sp³-hybridized carbons (Fsp3) is 0.316. The number of hydrogen-bond acceptors (Lipinski definition) is 4. The highest BCUT2D eigenvalue weighted by Crippen LogP contribution is 2.22. The SMILES string of the molecule is CCCC(=O)Nc1cccc(CNC(=O)CCC(=O)c2ccc(Cl)s2)c1. The van der Waals surface area contributed by atoms with E-state index in [4.69, 9.17) is 11.6 Å². The number of ketones is 1. The molecular formula is C19H21ClN2O3S. The number of carbonyl (C=O) groups is 3. The second-order valence-corrected chi connectivity index (χ2v) is 7.52. The smallest absolute Gasteiger partial charge is 0.224 e. The van der Waals surface area contributed by atoms with E-state index in [-0.39, 0.29) is 30.4 Å². The van der Waals surface area contributed by atoms with Gasteiger partial charge in [-0.05, 0) is 36.2 Å². The average molecular weight is 393 g/mol. The van der Waals surface area contributed by atoms with Crippen molar-refractivity contribution in [1.29, 1.82) is 0 Å². The molecule has 2 N–H and O–H groups in total. The van der Waals surface area contributed by atoms with Crippen LogP contribution in [0.5, 0.6) is 0 Å². The Bertz CT molecular complexity index is 789. The zero-order valence-corrected chi connectivity index (χ0v) is 16.1. The second-order valence-electron chi connectivity index (χ2n) is 5.80. The number of halogens is 1. The summed E-state index contributed by atoms with van der Waals surface area (Å²) in [5, 5.41) is 5.62. The van der Waals surface area contributed by atoms with Gasteiger partial charge in [0.15, 0.2) is 5.78 Å². The van der Waals surface area contributed by atoms with Gasteiger partial charge in [-0.3, -0.25) is 14.4 Å². The molecule has 0 unspecified atom stereocenters. The van der Waals surface area contributed by atoms with Crippen LogP contribution in [0.2, 0.25) is 4.34 Å². The van der Waals surface area contributed by atoms with Crippen LogP contribution < -0.4 is 10.6 Å². The number of anilines is 1. The number of amides is 2. The van der Waals surface area contributed by atoms with Gasteiger partial charge in [-0.15, -0.1) is 11.3 Å². The van der Waals surface area contributed by atoms with Gasteiger partial charge in [0.2, 0.25) is 11.8 Å². The number of thiophene rings is 1. The van der Waals surface area contributed by atoms with Gasteiger partial charge in [0.25, 0.3) is 0 Å². The fourth-order valence-electron chi connectivity index (χ4n) is 2.31. The summed E-state index contributed by atoms with van der Waals surface area (Å²) in [6, 6.07) is 10.7. The third kappa shape index (κ3) is 6.61. The lowest BCUT2D eigenvalue weighted by atomic mass is 10.1. The minimum atomic E-state index is -0.193. The maximum absolute atomic E-state index is 12.0. The number of hydrogen-bond donors (Lipinski definition) is 2. The molecule has 5 nitrogen and oxygen atoms in total. The van der Waals surface area contributed by atoms with Crippen LogP contribution in [0.4, 0.5) is 5.69 Å². The van der Waals surface area contributed by atoms with Gasteiger partial charge < -0.3 is 10.6 Å². The minimum absolute atomic E-state index is 0.0270. The molecule has 0 bridgehead atoms. The van der Waals surface area contributed by atoms with Gasteiger partial charge in [0, 0.05) is 31.5 Å². The maximum Gasteiger partial charge on any atom is 0.224 e. The monoisotopic (exact) mass is 392 g/mol. The predicted molar refractivity (Wildman–Crippen MR) is 105 cm³/mol. The van der Waals surface area contributed by atoms with Crippen LogP contribution in [0, 0.1) is 0 Å². The van der Waals surface area contributed by atoms with E-state index in [2.05, 4.69) is 10.6 Å². The van der Waals surface area contributed by atoms with Gasteiger partial charge in [-0.1, -0.05) is 30.7 Å². The normalized spacial score (nSPS) is 10.4. The van der Waals surface area contributed by atoms with Gasteiger partial charge >= 0.3 is 0 Å². The zero-order chi connectivity index (χ0) is 18.9. The molecule has 0 aliphatic carbocycles. The molecular weight excluding hydrogens is 372 g/mol. The van der Waals surface area contributed by atoms with Gasteiger partial charge in [-0.25, -0.2) is 0 Å². The van der Waals surface area contributed by atoms with Gasteiger partial charge in [0.05, 0.1) is 9.21 Å². The van der Waals surface area contributed by atoms with Crippen molar-refractivity contribution in [2.45, 2.75) is 39.2 Å². The predicted octanol–water partition coefficient (Wildman–Crippen LogP) is 4.42. The van der Waals surface area contributed by atoms with Crippen molar-refractivity contribution in [3.8, 4) is 0 Å². The van der Waals surface area contributed by atoms with E-state index in [0.717, 1.165) is 12.0 Å². The fourth-order valence-corrected chi connectivity index (χ4v) is 3.32. The quantitative estimate of drug-likeness (QED) is 0.620. The van der Waals surface area contributed by atoms with E-state index in [1.54, 1.807) is 12.1 Å². The molecule has 7 heteroatoms. The lowest BCUT2D eigenvalue weighted by Gasteiger charge is -2.08. The van der Waals surface area contributed by atoms with E-state index >= 15 is 0 Å². The first-order valence-corrected chi connectivity index (χ1v) is 9.61. The first-order chi connectivity index (χ1) is 12.5. The molecule has 2 rings (SSSR count). The topological polar surface area (TPSA) is 75.3 Å². The van der Waals surface area contributed by atoms with E-state index < -0.39 is 0 Å². The summed E-state index contributed by atoms with van der Waals surface area (Å²) >= 11 is 7.02. The number of Topliss-reactive ketones (excluding diaryl/α,β-unsaturated/α-hetero) is 1. The van der Waals surface area contributed by atoms with Crippen molar-refractivity contribution in [1.82, 2.24) is 5.32 Å². The summed E-state index contributed by atoms with van der Waals surface area (Å²) in [6.45, 7) is 2.29. The lowest BCUT2D eigenvalue weighted by Crippen LogP contribution is -2.23. The van der Waals surface area contributed by atoms with Crippen molar-refractivity contribution in [2.24, 2.45) is 0 Å². The van der Waals surface area contributed by atoms with Crippen LogP contribution in [-0.2, 0) is 16.1 Å². The molecule has 0 aliphatic rings. The molecule has 2 aromatic rings. The Morgan fingerprint density at radius 3 is 2.54 bits per heavy atom. The molecule has 0 atom stereocenters. The molecule has 0 aliphatic heterocycles. The molecule has 0 saturated heterocycles. The number of benzene rings is 1. The lowest BCUT2D eigenvalue weighted by molar-refractivity contribution is -0.121. The Hall–Kier alpha value is -2.18. The van der Waals surface area contributed by atoms with Gasteiger partial charge in [0.1, 0.15) is 0 Å². The molecule has 0 spiro atoms. The molecule has 1 heterocycles. The first kappa shape index (κ1) is 20.1. The second kappa shape index (κ2) is 10.1. The van der Waals surface area contributed by atoms with Crippen LogP contribution in [0.15, 0.2) is 36.4 Å². The molecule has 2 amide bonds. The van der Waals surface area contributed by atoms with E-state index in [9.17, 15) is 14.4 Å². The summed E-state index contributed by atoms with van der Waals surface area (Å²) in [4.78, 5) is 36.1. The Morgan fingerprint density at radius 2 is 1.85 bits per heavy atom. The zero-order valence-electron chi connectivity index (χ0n) is 14.5. The van der Waals surface area contributed by atoms with Crippen molar-refractivity contribution in [2.75, 3.05) is 5.32 Å². The summed E-state index contributed by atoms with van der Waals surface area (Å²) in [7, 11) is 0. The average Bonchev–Trinajstić information content (AvgIpc) is 3.05. The van der Waals surface area contributed by atoms with Crippen LogP contribution in [0.1, 0.15) is 47.8 Å². The highest BCUT2D eigenvalue weighted by molar-refractivity contribution is 7.18. The van der Waals surface area contributed by atoms with E-state index in [0.29, 0.717) is 27.9 Å². The number of nitrogens with one attached hydrogen (secondary N) is 2. The van der Waals surface area contributed by atoms with Crippen molar-refractivity contribution >= 4 is 46.2 Å². The molecule has 0 radical (unpaired) electrons. The van der Waals surface area contributed by atoms with Crippen LogP contribution in [0.3, 0.4) is 0 Å². The summed E-state index contributed by atoms with van der Waals surface area (Å²) in [5.41, 5.74) is 1.59. The van der Waals surface area contributed by atoms with E-state index in [1.165, 1.54) is 11.3 Å². The molecule has 26 heavy (non-hydrogen) atoms. The Labute approximate surface area is 161 Å². The maximum atomic E-state index is 12.0. The Balaban J connectivity index is 1.78.